The van der Waals surface area contributed by atoms with Gasteiger partial charge in [-0.05, 0) is 24.6 Å². The van der Waals surface area contributed by atoms with Crippen molar-refractivity contribution in [2.24, 2.45) is 7.05 Å². The summed E-state index contributed by atoms with van der Waals surface area (Å²) in [7, 11) is 3.68. The van der Waals surface area contributed by atoms with Gasteiger partial charge >= 0.3 is 0 Å². The van der Waals surface area contributed by atoms with Gasteiger partial charge in [0.15, 0.2) is 6.29 Å². The maximum absolute atomic E-state index is 12.9. The quantitative estimate of drug-likeness (QED) is 0.793. The molecule has 2 rings (SSSR count). The van der Waals surface area contributed by atoms with E-state index in [1.165, 1.54) is 12.1 Å². The molecule has 19 heavy (non-hydrogen) atoms. The smallest absolute Gasteiger partial charge is 0.155 e. The summed E-state index contributed by atoms with van der Waals surface area (Å²) in [5.41, 5.74) is 2.27. The fraction of sp³-hybridized carbons (Fsp3) is 0.286. The average molecular weight is 261 g/mol. The Morgan fingerprint density at radius 1 is 1.37 bits per heavy atom. The molecule has 0 aliphatic heterocycles. The van der Waals surface area contributed by atoms with Gasteiger partial charge in [0, 0.05) is 20.6 Å². The molecule has 0 saturated heterocycles. The van der Waals surface area contributed by atoms with Gasteiger partial charge in [-0.1, -0.05) is 12.1 Å². The zero-order valence-electron chi connectivity index (χ0n) is 11.2. The summed E-state index contributed by atoms with van der Waals surface area (Å²) in [5.74, 6) is 0.508. The first-order valence-corrected chi connectivity index (χ1v) is 5.97. The highest BCUT2D eigenvalue weighted by Gasteiger charge is 2.16. The summed E-state index contributed by atoms with van der Waals surface area (Å²) in [6, 6.07) is 6.32. The summed E-state index contributed by atoms with van der Waals surface area (Å²) in [4.78, 5) is 13.1. The van der Waals surface area contributed by atoms with Crippen molar-refractivity contribution in [2.75, 3.05) is 11.9 Å². The molecule has 0 fully saturated rings. The maximum Gasteiger partial charge on any atom is 0.155 e. The number of halogens is 1. The maximum atomic E-state index is 12.9. The number of aryl methyl sites for hydroxylation is 2. The van der Waals surface area contributed by atoms with Crippen LogP contribution in [-0.4, -0.2) is 23.1 Å². The minimum absolute atomic E-state index is 0.253. The Morgan fingerprint density at radius 2 is 2.00 bits per heavy atom. The number of aldehydes is 1. The van der Waals surface area contributed by atoms with E-state index in [0.29, 0.717) is 17.8 Å². The van der Waals surface area contributed by atoms with Crippen LogP contribution in [0, 0.1) is 12.7 Å². The van der Waals surface area contributed by atoms with E-state index < -0.39 is 0 Å². The molecule has 0 aliphatic carbocycles. The first kappa shape index (κ1) is 13.3. The molecule has 0 radical (unpaired) electrons. The highest BCUT2D eigenvalue weighted by atomic mass is 19.1. The van der Waals surface area contributed by atoms with Gasteiger partial charge in [-0.25, -0.2) is 4.39 Å². The highest BCUT2D eigenvalue weighted by molar-refractivity contribution is 5.84. The van der Waals surface area contributed by atoms with E-state index in [1.807, 2.05) is 11.9 Å². The molecule has 1 aromatic heterocycles. The Labute approximate surface area is 111 Å². The van der Waals surface area contributed by atoms with E-state index in [1.54, 1.807) is 30.8 Å². The Bertz CT molecular complexity index is 589. The molecule has 0 spiro atoms. The van der Waals surface area contributed by atoms with E-state index in [9.17, 15) is 9.18 Å². The van der Waals surface area contributed by atoms with Crippen LogP contribution in [0.2, 0.25) is 0 Å². The molecule has 0 aliphatic rings. The molecule has 5 heteroatoms. The van der Waals surface area contributed by atoms with E-state index in [4.69, 9.17) is 0 Å². The summed E-state index contributed by atoms with van der Waals surface area (Å²) >= 11 is 0. The molecule has 0 atom stereocenters. The fourth-order valence-electron chi connectivity index (χ4n) is 2.19. The third-order valence-electron chi connectivity index (χ3n) is 3.05. The predicted octanol–water partition coefficient (Wildman–Crippen LogP) is 2.32. The number of aromatic nitrogens is 2. The molecule has 0 N–H and O–H groups in total. The lowest BCUT2D eigenvalue weighted by Gasteiger charge is -2.20. The Kier molecular flexibility index (Phi) is 3.64. The van der Waals surface area contributed by atoms with Gasteiger partial charge in [0.2, 0.25) is 0 Å². The first-order chi connectivity index (χ1) is 9.02. The van der Waals surface area contributed by atoms with E-state index in [0.717, 1.165) is 17.7 Å². The molecule has 0 saturated carbocycles. The predicted molar refractivity (Wildman–Crippen MR) is 71.8 cm³/mol. The van der Waals surface area contributed by atoms with Crippen LogP contribution in [0.15, 0.2) is 24.3 Å². The van der Waals surface area contributed by atoms with Crippen LogP contribution in [0.5, 0.6) is 0 Å². The zero-order valence-corrected chi connectivity index (χ0v) is 11.2. The van der Waals surface area contributed by atoms with E-state index >= 15 is 0 Å². The number of hydrogen-bond acceptors (Lipinski definition) is 3. The number of rotatable bonds is 4. The van der Waals surface area contributed by atoms with Crippen LogP contribution in [0.4, 0.5) is 10.2 Å². The monoisotopic (exact) mass is 261 g/mol. The van der Waals surface area contributed by atoms with Gasteiger partial charge < -0.3 is 4.90 Å². The topological polar surface area (TPSA) is 38.1 Å². The van der Waals surface area contributed by atoms with Gasteiger partial charge in [0.1, 0.15) is 11.6 Å². The lowest BCUT2D eigenvalue weighted by atomic mass is 10.2. The van der Waals surface area contributed by atoms with Crippen molar-refractivity contribution >= 4 is 12.1 Å². The van der Waals surface area contributed by atoms with Gasteiger partial charge in [-0.15, -0.1) is 0 Å². The molecule has 100 valence electrons. The van der Waals surface area contributed by atoms with Crippen molar-refractivity contribution < 1.29 is 9.18 Å². The standard InChI is InChI=1S/C14H16FN3O/c1-10-13(9-19)14(18(3)16-10)17(2)8-11-4-6-12(15)7-5-11/h4-7,9H,8H2,1-3H3. The second-order valence-corrected chi connectivity index (χ2v) is 4.55. The molecular formula is C14H16FN3O. The summed E-state index contributed by atoms with van der Waals surface area (Å²) in [6.45, 7) is 2.39. The molecule has 0 amide bonds. The van der Waals surface area contributed by atoms with Gasteiger partial charge in [-0.2, -0.15) is 5.10 Å². The van der Waals surface area contributed by atoms with Crippen molar-refractivity contribution in [3.8, 4) is 0 Å². The van der Waals surface area contributed by atoms with Crippen molar-refractivity contribution in [1.82, 2.24) is 9.78 Å². The van der Waals surface area contributed by atoms with Crippen molar-refractivity contribution in [3.63, 3.8) is 0 Å². The average Bonchev–Trinajstić information content (AvgIpc) is 2.66. The van der Waals surface area contributed by atoms with Crippen LogP contribution < -0.4 is 4.90 Å². The normalized spacial score (nSPS) is 10.5. The Morgan fingerprint density at radius 3 is 2.58 bits per heavy atom. The molecule has 1 heterocycles. The number of anilines is 1. The zero-order chi connectivity index (χ0) is 14.0. The van der Waals surface area contributed by atoms with Gasteiger partial charge in [0.25, 0.3) is 0 Å². The van der Waals surface area contributed by atoms with Crippen LogP contribution >= 0.6 is 0 Å². The van der Waals surface area contributed by atoms with E-state index in [-0.39, 0.29) is 5.82 Å². The summed E-state index contributed by atoms with van der Waals surface area (Å²) < 4.78 is 14.5. The van der Waals surface area contributed by atoms with Crippen molar-refractivity contribution in [3.05, 3.63) is 46.9 Å². The number of carbonyl (C=O) groups excluding carboxylic acids is 1. The number of hydrogen-bond donors (Lipinski definition) is 0. The highest BCUT2D eigenvalue weighted by Crippen LogP contribution is 2.21. The van der Waals surface area contributed by atoms with Crippen LogP contribution in [0.1, 0.15) is 21.6 Å². The largest absolute Gasteiger partial charge is 0.355 e. The molecule has 0 bridgehead atoms. The van der Waals surface area contributed by atoms with Crippen molar-refractivity contribution in [1.29, 1.82) is 0 Å². The third-order valence-corrected chi connectivity index (χ3v) is 3.05. The van der Waals surface area contributed by atoms with Crippen LogP contribution in [0.25, 0.3) is 0 Å². The first-order valence-electron chi connectivity index (χ1n) is 5.97. The third kappa shape index (κ3) is 2.65. The van der Waals surface area contributed by atoms with Crippen LogP contribution in [0.3, 0.4) is 0 Å². The minimum atomic E-state index is -0.253. The molecule has 4 nitrogen and oxygen atoms in total. The van der Waals surface area contributed by atoms with Gasteiger partial charge in [-0.3, -0.25) is 9.48 Å². The van der Waals surface area contributed by atoms with Crippen LogP contribution in [-0.2, 0) is 13.6 Å². The Hall–Kier alpha value is -2.17. The van der Waals surface area contributed by atoms with Gasteiger partial charge in [0.05, 0.1) is 11.3 Å². The summed E-state index contributed by atoms with van der Waals surface area (Å²) in [6.07, 6.45) is 0.818. The number of carbonyl (C=O) groups is 1. The Balaban J connectivity index is 2.27. The lowest BCUT2D eigenvalue weighted by Crippen LogP contribution is -2.20. The minimum Gasteiger partial charge on any atom is -0.355 e. The lowest BCUT2D eigenvalue weighted by molar-refractivity contribution is 0.112. The molecular weight excluding hydrogens is 245 g/mol. The SMILES string of the molecule is Cc1nn(C)c(N(C)Cc2ccc(F)cc2)c1C=O. The fourth-order valence-corrected chi connectivity index (χ4v) is 2.19. The molecule has 0 unspecified atom stereocenters. The number of benzene rings is 1. The number of nitrogens with zero attached hydrogens (tertiary/aromatic N) is 3. The van der Waals surface area contributed by atoms with E-state index in [2.05, 4.69) is 5.10 Å². The second-order valence-electron chi connectivity index (χ2n) is 4.55. The van der Waals surface area contributed by atoms with Crippen molar-refractivity contribution in [2.45, 2.75) is 13.5 Å². The molecule has 1 aromatic carbocycles. The second kappa shape index (κ2) is 5.22. The molecule has 2 aromatic rings. The summed E-state index contributed by atoms with van der Waals surface area (Å²) in [5, 5.41) is 4.24.